The molecule has 170 valence electrons. The molecule has 33 heavy (non-hydrogen) atoms. The molecule has 2 saturated carbocycles. The van der Waals surface area contributed by atoms with Crippen molar-refractivity contribution in [2.24, 2.45) is 0 Å². The third-order valence-electron chi connectivity index (χ3n) is 5.79. The Morgan fingerprint density at radius 2 is 1.73 bits per heavy atom. The minimum Gasteiger partial charge on any atom is -0.0312 e. The molecule has 3 fully saturated rings. The van der Waals surface area contributed by atoms with E-state index in [1.807, 2.05) is 62.4 Å². The number of benzene rings is 2. The summed E-state index contributed by atoms with van der Waals surface area (Å²) in [5.74, 6) is 0.239. The Kier molecular flexibility index (Phi) is 11.4. The summed E-state index contributed by atoms with van der Waals surface area (Å²) in [5, 5.41) is 2.91. The molecule has 0 amide bonds. The van der Waals surface area contributed by atoms with Crippen LogP contribution in [0.4, 0.5) is 0 Å². The second-order valence-corrected chi connectivity index (χ2v) is 10.1. The van der Waals surface area contributed by atoms with E-state index in [0.717, 1.165) is 24.1 Å². The van der Waals surface area contributed by atoms with Gasteiger partial charge in [0.1, 0.15) is 0 Å². The fourth-order valence-electron chi connectivity index (χ4n) is 4.18. The third kappa shape index (κ3) is 7.40. The second-order valence-electron chi connectivity index (χ2n) is 7.96. The van der Waals surface area contributed by atoms with Crippen LogP contribution in [0.5, 0.6) is 0 Å². The first-order chi connectivity index (χ1) is 15.8. The number of likely N-dealkylation sites (tertiary alicyclic amines) is 1. The number of hydrogen-bond acceptors (Lipinski definition) is 3. The number of fused-ring (bicyclic) bond motifs is 1. The van der Waals surface area contributed by atoms with Crippen LogP contribution in [0, 0.1) is 62.2 Å². The molecule has 0 bridgehead atoms. The summed E-state index contributed by atoms with van der Waals surface area (Å²) >= 11 is 0.141. The molecular weight excluding hydrogens is 517 g/mol. The van der Waals surface area contributed by atoms with E-state index in [1.54, 1.807) is 7.11 Å². The molecule has 0 unspecified atom stereocenters. The van der Waals surface area contributed by atoms with E-state index in [4.69, 9.17) is 4.74 Å². The maximum atomic E-state index is 12.8. The van der Waals surface area contributed by atoms with Crippen molar-refractivity contribution in [1.29, 1.82) is 0 Å². The van der Waals surface area contributed by atoms with Crippen LogP contribution in [0.2, 0.25) is 5.32 Å². The van der Waals surface area contributed by atoms with Gasteiger partial charge in [0.25, 0.3) is 0 Å². The van der Waals surface area contributed by atoms with Crippen LogP contribution in [-0.4, -0.2) is 51.9 Å². The first-order valence-corrected chi connectivity index (χ1v) is 13.2. The molecule has 5 rings (SSSR count). The Labute approximate surface area is 217 Å². The van der Waals surface area contributed by atoms with Crippen molar-refractivity contribution in [3.05, 3.63) is 110 Å². The van der Waals surface area contributed by atoms with Gasteiger partial charge in [-0.2, -0.15) is 0 Å². The summed E-state index contributed by atoms with van der Waals surface area (Å²) in [6.45, 7) is 1.85. The number of nitrogens with zero attached hydrogens (tertiary/aromatic N) is 1. The number of carbonyl (C=O) groups excluding carboxylic acids is 1. The van der Waals surface area contributed by atoms with Gasteiger partial charge in [-0.1, -0.05) is 0 Å². The number of carbonyl (C=O) groups is 1. The van der Waals surface area contributed by atoms with Crippen LogP contribution in [0.25, 0.3) is 10.8 Å². The summed E-state index contributed by atoms with van der Waals surface area (Å²) in [7, 11) is 1.77. The molecule has 2 aromatic rings. The zero-order chi connectivity index (χ0) is 22.2. The van der Waals surface area contributed by atoms with Gasteiger partial charge in [0, 0.05) is 0 Å². The minimum atomic E-state index is 0. The summed E-state index contributed by atoms with van der Waals surface area (Å²) in [6, 6.07) is 16.0. The van der Waals surface area contributed by atoms with Crippen LogP contribution in [0.3, 0.4) is 0 Å². The van der Waals surface area contributed by atoms with Crippen LogP contribution in [0.1, 0.15) is 23.2 Å². The second kappa shape index (κ2) is 14.0. The van der Waals surface area contributed by atoms with Crippen molar-refractivity contribution >= 4 is 31.5 Å². The van der Waals surface area contributed by atoms with Crippen molar-refractivity contribution in [2.45, 2.75) is 24.2 Å². The van der Waals surface area contributed by atoms with Gasteiger partial charge >= 0.3 is 186 Å². The fourth-order valence-corrected chi connectivity index (χ4v) is 6.20. The SMILES string of the molecule is COC[C@@H]1CCCN1[C]1[CH][CH][CH][C]1[Se]CC(=O)c1ccc2ccccc2c1.[CH]1[CH][CH][CH][CH]1.[Fe+2]. The van der Waals surface area contributed by atoms with E-state index in [1.165, 1.54) is 29.1 Å². The van der Waals surface area contributed by atoms with E-state index in [2.05, 4.69) is 36.3 Å². The van der Waals surface area contributed by atoms with E-state index >= 15 is 0 Å². The molecule has 10 radical (unpaired) electrons. The quantitative estimate of drug-likeness (QED) is 0.363. The molecule has 2 aliphatic carbocycles. The number of Topliss-reactive ketones (excluding diaryl/α,β-unsaturated/α-hetero) is 1. The Morgan fingerprint density at radius 3 is 2.45 bits per heavy atom. The molecule has 2 aromatic carbocycles. The summed E-state index contributed by atoms with van der Waals surface area (Å²) in [4.78, 5) is 16.6. The van der Waals surface area contributed by atoms with Gasteiger partial charge in [0.2, 0.25) is 0 Å². The molecule has 3 nitrogen and oxygen atoms in total. The predicted octanol–water partition coefficient (Wildman–Crippen LogP) is 4.97. The number of rotatable bonds is 7. The molecular formula is C28H29FeNO2Se+2. The maximum absolute atomic E-state index is 12.8. The Morgan fingerprint density at radius 1 is 1.00 bits per heavy atom. The first-order valence-electron chi connectivity index (χ1n) is 11.1. The molecule has 1 atom stereocenters. The summed E-state index contributed by atoms with van der Waals surface area (Å²) in [6.07, 6.45) is 18.9. The average molecular weight is 546 g/mol. The normalized spacial score (nSPS) is 21.7. The summed E-state index contributed by atoms with van der Waals surface area (Å²) < 4.78 is 5.39. The molecule has 0 spiro atoms. The standard InChI is InChI=1S/C23H24NO2Se.C5H5.Fe/c1-26-15-20-8-5-13-24(20)21-9-4-10-23(21)27-16-22(25)19-12-11-17-6-2-3-7-18(17)14-19;1-2-4-5-3-1;/h2-4,6-7,9-12,14,20H,5,8,13,15-16H2,1H3;1-5H;/q;;+2/t20-;;/m0../s1. The molecule has 1 aliphatic heterocycles. The van der Waals surface area contributed by atoms with Crippen molar-refractivity contribution in [1.82, 2.24) is 4.90 Å². The van der Waals surface area contributed by atoms with Gasteiger partial charge < -0.3 is 0 Å². The molecule has 1 heterocycles. The van der Waals surface area contributed by atoms with E-state index in [0.29, 0.717) is 11.4 Å². The van der Waals surface area contributed by atoms with Gasteiger partial charge in [-0.15, -0.1) is 0 Å². The number of ketones is 1. The molecule has 1 saturated heterocycles. The largest absolute Gasteiger partial charge is 2.00 e. The molecule has 3 aliphatic rings. The van der Waals surface area contributed by atoms with E-state index in [9.17, 15) is 4.79 Å². The fraction of sp³-hybridized carbons (Fsp3) is 0.250. The Hall–Kier alpha value is -0.671. The predicted molar refractivity (Wildman–Crippen MR) is 131 cm³/mol. The Bertz CT molecular complexity index is 864. The van der Waals surface area contributed by atoms with Gasteiger partial charge in [-0.25, -0.2) is 0 Å². The van der Waals surface area contributed by atoms with Crippen LogP contribution < -0.4 is 0 Å². The van der Waals surface area contributed by atoms with Crippen molar-refractivity contribution in [3.8, 4) is 0 Å². The number of ether oxygens (including phenoxy) is 1. The van der Waals surface area contributed by atoms with Crippen molar-refractivity contribution < 1.29 is 26.6 Å². The Balaban J connectivity index is 0.000000453. The van der Waals surface area contributed by atoms with Crippen molar-refractivity contribution in [2.75, 3.05) is 20.3 Å². The van der Waals surface area contributed by atoms with Gasteiger partial charge in [0.05, 0.1) is 0 Å². The first kappa shape index (κ1) is 26.9. The van der Waals surface area contributed by atoms with Crippen LogP contribution in [-0.2, 0) is 21.8 Å². The molecule has 0 aromatic heterocycles. The average Bonchev–Trinajstić information content (AvgIpc) is 3.61. The summed E-state index contributed by atoms with van der Waals surface area (Å²) in [5.41, 5.74) is 0.821. The topological polar surface area (TPSA) is 29.5 Å². The number of methoxy groups -OCH3 is 1. The van der Waals surface area contributed by atoms with E-state index in [-0.39, 0.29) is 37.8 Å². The minimum absolute atomic E-state index is 0. The maximum Gasteiger partial charge on any atom is 2.00 e. The third-order valence-corrected chi connectivity index (χ3v) is 8.02. The van der Waals surface area contributed by atoms with Crippen LogP contribution >= 0.6 is 0 Å². The van der Waals surface area contributed by atoms with Gasteiger partial charge in [0.15, 0.2) is 0 Å². The molecule has 5 heteroatoms. The van der Waals surface area contributed by atoms with Crippen LogP contribution in [0.15, 0.2) is 42.5 Å². The van der Waals surface area contributed by atoms with Crippen molar-refractivity contribution in [3.63, 3.8) is 0 Å². The monoisotopic (exact) mass is 547 g/mol. The zero-order valence-electron chi connectivity index (χ0n) is 18.8. The number of hydrogen-bond donors (Lipinski definition) is 0. The van der Waals surface area contributed by atoms with Gasteiger partial charge in [-0.3, -0.25) is 0 Å². The molecule has 0 N–H and O–H groups in total. The van der Waals surface area contributed by atoms with E-state index < -0.39 is 0 Å². The zero-order valence-corrected chi connectivity index (χ0v) is 21.6. The smallest absolute Gasteiger partial charge is 0.0312 e. The van der Waals surface area contributed by atoms with Gasteiger partial charge in [-0.05, 0) is 32.1 Å².